The Kier molecular flexibility index (Phi) is 4.58. The van der Waals surface area contributed by atoms with E-state index >= 15 is 0 Å². The van der Waals surface area contributed by atoms with Gasteiger partial charge in [-0.2, -0.15) is 0 Å². The topological polar surface area (TPSA) is 67.4 Å². The van der Waals surface area contributed by atoms with Gasteiger partial charge >= 0.3 is 0 Å². The summed E-state index contributed by atoms with van der Waals surface area (Å²) < 4.78 is 5.33. The summed E-state index contributed by atoms with van der Waals surface area (Å²) in [5.74, 6) is 0.0991. The highest BCUT2D eigenvalue weighted by Gasteiger charge is 2.18. The van der Waals surface area contributed by atoms with Crippen LogP contribution in [0.5, 0.6) is 5.75 Å². The standard InChI is InChI=1S/C22H18N2O3/c25-21-14-27-20-11-10-17(13-19(20)23-21)22(26)24-18-9-5-4-8-16(18)12-15-6-2-1-3-7-15/h1-11,13H,12,14H2,(H,23,25)(H,24,26). The average Bonchev–Trinajstić information content (AvgIpc) is 2.69. The van der Waals surface area contributed by atoms with Gasteiger partial charge in [0.25, 0.3) is 11.8 Å². The van der Waals surface area contributed by atoms with E-state index in [9.17, 15) is 9.59 Å². The predicted molar refractivity (Wildman–Crippen MR) is 104 cm³/mol. The van der Waals surface area contributed by atoms with E-state index in [1.165, 1.54) is 5.56 Å². The van der Waals surface area contributed by atoms with Crippen molar-refractivity contribution in [1.29, 1.82) is 0 Å². The maximum Gasteiger partial charge on any atom is 0.262 e. The van der Waals surface area contributed by atoms with Gasteiger partial charge in [0.1, 0.15) is 5.75 Å². The van der Waals surface area contributed by atoms with Crippen LogP contribution in [0.1, 0.15) is 21.5 Å². The number of nitrogens with one attached hydrogen (secondary N) is 2. The second kappa shape index (κ2) is 7.33. The molecule has 2 amide bonds. The minimum Gasteiger partial charge on any atom is -0.482 e. The Morgan fingerprint density at radius 2 is 1.78 bits per heavy atom. The summed E-state index contributed by atoms with van der Waals surface area (Å²) in [6.45, 7) is -0.00853. The van der Waals surface area contributed by atoms with Crippen molar-refractivity contribution in [2.45, 2.75) is 6.42 Å². The smallest absolute Gasteiger partial charge is 0.262 e. The van der Waals surface area contributed by atoms with E-state index in [1.807, 2.05) is 42.5 Å². The molecule has 0 aliphatic carbocycles. The summed E-state index contributed by atoms with van der Waals surface area (Å²) in [5, 5.41) is 5.69. The van der Waals surface area contributed by atoms with Crippen molar-refractivity contribution in [3.05, 3.63) is 89.5 Å². The maximum atomic E-state index is 12.7. The first-order valence-electron chi connectivity index (χ1n) is 8.69. The van der Waals surface area contributed by atoms with Crippen LogP contribution in [0.25, 0.3) is 0 Å². The van der Waals surface area contributed by atoms with Gasteiger partial charge in [-0.1, -0.05) is 48.5 Å². The number of fused-ring (bicyclic) bond motifs is 1. The highest BCUT2D eigenvalue weighted by molar-refractivity contribution is 6.06. The number of amides is 2. The zero-order valence-electron chi connectivity index (χ0n) is 14.6. The number of ether oxygens (including phenoxy) is 1. The molecule has 0 saturated heterocycles. The Bertz CT molecular complexity index is 999. The van der Waals surface area contributed by atoms with Gasteiger partial charge < -0.3 is 15.4 Å². The number of carbonyl (C=O) groups excluding carboxylic acids is 2. The van der Waals surface area contributed by atoms with Crippen LogP contribution in [0.4, 0.5) is 11.4 Å². The molecule has 5 heteroatoms. The Balaban J connectivity index is 1.55. The molecule has 5 nitrogen and oxygen atoms in total. The summed E-state index contributed by atoms with van der Waals surface area (Å²) in [6.07, 6.45) is 0.728. The minimum atomic E-state index is -0.238. The molecule has 1 heterocycles. The zero-order chi connectivity index (χ0) is 18.6. The second-order valence-electron chi connectivity index (χ2n) is 6.32. The number of benzene rings is 3. The van der Waals surface area contributed by atoms with E-state index in [0.29, 0.717) is 17.0 Å². The van der Waals surface area contributed by atoms with Crippen molar-refractivity contribution < 1.29 is 14.3 Å². The fourth-order valence-corrected chi connectivity index (χ4v) is 3.03. The average molecular weight is 358 g/mol. The predicted octanol–water partition coefficient (Wildman–Crippen LogP) is 3.86. The Hall–Kier alpha value is -3.60. The second-order valence-corrected chi connectivity index (χ2v) is 6.32. The van der Waals surface area contributed by atoms with Crippen LogP contribution < -0.4 is 15.4 Å². The molecule has 134 valence electrons. The number of anilines is 2. The monoisotopic (exact) mass is 358 g/mol. The number of para-hydroxylation sites is 1. The van der Waals surface area contributed by atoms with E-state index in [0.717, 1.165) is 17.7 Å². The highest BCUT2D eigenvalue weighted by Crippen LogP contribution is 2.29. The van der Waals surface area contributed by atoms with Crippen molar-refractivity contribution in [2.24, 2.45) is 0 Å². The fourth-order valence-electron chi connectivity index (χ4n) is 3.03. The van der Waals surface area contributed by atoms with E-state index in [1.54, 1.807) is 18.2 Å². The molecule has 1 aliphatic rings. The summed E-state index contributed by atoms with van der Waals surface area (Å²) in [7, 11) is 0. The van der Waals surface area contributed by atoms with Gasteiger partial charge in [-0.05, 0) is 41.8 Å². The molecular weight excluding hydrogens is 340 g/mol. The lowest BCUT2D eigenvalue weighted by Gasteiger charge is -2.18. The lowest BCUT2D eigenvalue weighted by atomic mass is 10.0. The Morgan fingerprint density at radius 3 is 2.63 bits per heavy atom. The molecule has 0 saturated carbocycles. The van der Waals surface area contributed by atoms with Gasteiger partial charge in [-0.25, -0.2) is 0 Å². The first kappa shape index (κ1) is 16.8. The molecule has 0 atom stereocenters. The molecule has 0 aromatic heterocycles. The Morgan fingerprint density at radius 1 is 1.00 bits per heavy atom. The molecule has 3 aromatic rings. The van der Waals surface area contributed by atoms with Crippen molar-refractivity contribution in [3.8, 4) is 5.75 Å². The molecule has 0 fully saturated rings. The van der Waals surface area contributed by atoms with Crippen LogP contribution in [0.2, 0.25) is 0 Å². The molecule has 0 unspecified atom stereocenters. The summed E-state index contributed by atoms with van der Waals surface area (Å²) in [5.41, 5.74) is 3.94. The molecule has 4 rings (SSSR count). The van der Waals surface area contributed by atoms with Crippen LogP contribution in [0.15, 0.2) is 72.8 Å². The molecule has 0 bridgehead atoms. The van der Waals surface area contributed by atoms with Crippen molar-refractivity contribution in [2.75, 3.05) is 17.2 Å². The SMILES string of the molecule is O=C1COc2ccc(C(=O)Nc3ccccc3Cc3ccccc3)cc2N1. The van der Waals surface area contributed by atoms with Crippen molar-refractivity contribution in [1.82, 2.24) is 0 Å². The third-order valence-corrected chi connectivity index (χ3v) is 4.38. The number of carbonyl (C=O) groups is 2. The van der Waals surface area contributed by atoms with Gasteiger partial charge in [0.15, 0.2) is 6.61 Å². The summed E-state index contributed by atoms with van der Waals surface area (Å²) in [4.78, 5) is 24.2. The Labute approximate surface area is 157 Å². The molecular formula is C22H18N2O3. The lowest BCUT2D eigenvalue weighted by molar-refractivity contribution is -0.118. The molecule has 0 spiro atoms. The van der Waals surface area contributed by atoms with E-state index < -0.39 is 0 Å². The van der Waals surface area contributed by atoms with Crippen molar-refractivity contribution >= 4 is 23.2 Å². The quantitative estimate of drug-likeness (QED) is 0.744. The molecule has 2 N–H and O–H groups in total. The third-order valence-electron chi connectivity index (χ3n) is 4.38. The van der Waals surface area contributed by atoms with Gasteiger partial charge in [0, 0.05) is 11.3 Å². The van der Waals surface area contributed by atoms with Crippen LogP contribution in [0.3, 0.4) is 0 Å². The van der Waals surface area contributed by atoms with Crippen LogP contribution in [0, 0.1) is 0 Å². The van der Waals surface area contributed by atoms with E-state index in [-0.39, 0.29) is 18.4 Å². The third kappa shape index (κ3) is 3.82. The first-order chi connectivity index (χ1) is 13.2. The fraction of sp³-hybridized carbons (Fsp3) is 0.0909. The van der Waals surface area contributed by atoms with E-state index in [2.05, 4.69) is 22.8 Å². The summed E-state index contributed by atoms with van der Waals surface area (Å²) in [6, 6.07) is 22.9. The van der Waals surface area contributed by atoms with E-state index in [4.69, 9.17) is 4.74 Å². The largest absolute Gasteiger partial charge is 0.482 e. The first-order valence-corrected chi connectivity index (χ1v) is 8.69. The molecule has 27 heavy (non-hydrogen) atoms. The van der Waals surface area contributed by atoms with Gasteiger partial charge in [-0.3, -0.25) is 9.59 Å². The van der Waals surface area contributed by atoms with Crippen LogP contribution in [-0.4, -0.2) is 18.4 Å². The number of hydrogen-bond acceptors (Lipinski definition) is 3. The highest BCUT2D eigenvalue weighted by atomic mass is 16.5. The van der Waals surface area contributed by atoms with Gasteiger partial charge in [-0.15, -0.1) is 0 Å². The maximum absolute atomic E-state index is 12.7. The van der Waals surface area contributed by atoms with Crippen LogP contribution in [-0.2, 0) is 11.2 Å². The number of rotatable bonds is 4. The zero-order valence-corrected chi connectivity index (χ0v) is 14.6. The molecule has 0 radical (unpaired) electrons. The minimum absolute atomic E-state index is 0.00853. The van der Waals surface area contributed by atoms with Crippen LogP contribution >= 0.6 is 0 Å². The molecule has 3 aromatic carbocycles. The number of hydrogen-bond donors (Lipinski definition) is 2. The van der Waals surface area contributed by atoms with Crippen molar-refractivity contribution in [3.63, 3.8) is 0 Å². The van der Waals surface area contributed by atoms with Gasteiger partial charge in [0.05, 0.1) is 5.69 Å². The van der Waals surface area contributed by atoms with Gasteiger partial charge in [0.2, 0.25) is 0 Å². The molecule has 1 aliphatic heterocycles. The normalized spacial score (nSPS) is 12.5. The summed E-state index contributed by atoms with van der Waals surface area (Å²) >= 11 is 0. The lowest BCUT2D eigenvalue weighted by Crippen LogP contribution is -2.25.